The number of amidine groups is 1. The second kappa shape index (κ2) is 9.94. The van der Waals surface area contributed by atoms with Crippen molar-refractivity contribution in [1.29, 1.82) is 0 Å². The van der Waals surface area contributed by atoms with Gasteiger partial charge in [-0.15, -0.1) is 6.58 Å². The van der Waals surface area contributed by atoms with Gasteiger partial charge in [0.2, 0.25) is 0 Å². The van der Waals surface area contributed by atoms with Crippen LogP contribution in [0.5, 0.6) is 0 Å². The Labute approximate surface area is 188 Å². The maximum absolute atomic E-state index is 13.8. The molecule has 4 rings (SSSR count). The van der Waals surface area contributed by atoms with Crippen molar-refractivity contribution in [3.8, 4) is 0 Å². The fraction of sp³-hybridized carbons (Fsp3) is 0.333. The van der Waals surface area contributed by atoms with Gasteiger partial charge in [-0.25, -0.2) is 4.39 Å². The molecule has 1 fully saturated rings. The van der Waals surface area contributed by atoms with Gasteiger partial charge in [0.05, 0.1) is 5.52 Å². The molecular formula is C27H30FN3O. The molecule has 1 heterocycles. The summed E-state index contributed by atoms with van der Waals surface area (Å²) < 4.78 is 13.8. The second-order valence-electron chi connectivity index (χ2n) is 8.76. The average Bonchev–Trinajstić information content (AvgIpc) is 2.83. The van der Waals surface area contributed by atoms with Crippen LogP contribution in [0.15, 0.2) is 72.5 Å². The van der Waals surface area contributed by atoms with Crippen LogP contribution in [0.1, 0.15) is 49.7 Å². The van der Waals surface area contributed by atoms with E-state index in [0.29, 0.717) is 17.7 Å². The van der Waals surface area contributed by atoms with Crippen LogP contribution in [0.4, 0.5) is 10.1 Å². The van der Waals surface area contributed by atoms with Crippen LogP contribution in [-0.4, -0.2) is 16.0 Å². The minimum Gasteiger partial charge on any atom is -0.409 e. The SMILES string of the molecule is C=CCc1ccc(N/C(=N\O)C(C)C2CCC(c3ccnc4ccc(F)cc34)CC2)cc1. The molecule has 166 valence electrons. The van der Waals surface area contributed by atoms with Crippen molar-refractivity contribution >= 4 is 22.4 Å². The Morgan fingerprint density at radius 3 is 2.62 bits per heavy atom. The summed E-state index contributed by atoms with van der Waals surface area (Å²) >= 11 is 0. The first-order valence-corrected chi connectivity index (χ1v) is 11.3. The zero-order valence-electron chi connectivity index (χ0n) is 18.5. The Kier molecular flexibility index (Phi) is 6.84. The van der Waals surface area contributed by atoms with Crippen molar-refractivity contribution in [3.05, 3.63) is 84.3 Å². The second-order valence-corrected chi connectivity index (χ2v) is 8.76. The zero-order valence-corrected chi connectivity index (χ0v) is 18.5. The third-order valence-electron chi connectivity index (χ3n) is 6.80. The number of hydrogen-bond donors (Lipinski definition) is 2. The van der Waals surface area contributed by atoms with E-state index in [0.717, 1.165) is 48.7 Å². The lowest BCUT2D eigenvalue weighted by atomic mass is 9.73. The molecule has 2 N–H and O–H groups in total. The summed E-state index contributed by atoms with van der Waals surface area (Å²) in [6.45, 7) is 5.89. The van der Waals surface area contributed by atoms with Crippen molar-refractivity contribution < 1.29 is 9.60 Å². The Bertz CT molecular complexity index is 1100. The highest BCUT2D eigenvalue weighted by Crippen LogP contribution is 2.41. The van der Waals surface area contributed by atoms with Gasteiger partial charge in [-0.2, -0.15) is 0 Å². The number of aromatic nitrogens is 1. The first-order valence-electron chi connectivity index (χ1n) is 11.3. The Hall–Kier alpha value is -3.21. The molecule has 1 saturated carbocycles. The first kappa shape index (κ1) is 22.0. The van der Waals surface area contributed by atoms with E-state index in [9.17, 15) is 9.60 Å². The summed E-state index contributed by atoms with van der Waals surface area (Å²) in [5.74, 6) is 1.31. The Balaban J connectivity index is 1.41. The number of fused-ring (bicyclic) bond motifs is 1. The topological polar surface area (TPSA) is 57.5 Å². The van der Waals surface area contributed by atoms with Crippen LogP contribution in [-0.2, 0) is 6.42 Å². The first-order chi connectivity index (χ1) is 15.6. The van der Waals surface area contributed by atoms with Crippen molar-refractivity contribution in [3.63, 3.8) is 0 Å². The van der Waals surface area contributed by atoms with E-state index in [2.05, 4.69) is 41.1 Å². The number of oxime groups is 1. The van der Waals surface area contributed by atoms with Gasteiger partial charge in [0.25, 0.3) is 0 Å². The van der Waals surface area contributed by atoms with E-state index in [4.69, 9.17) is 0 Å². The van der Waals surface area contributed by atoms with Gasteiger partial charge in [-0.3, -0.25) is 4.98 Å². The van der Waals surface area contributed by atoms with E-state index < -0.39 is 0 Å². The smallest absolute Gasteiger partial charge is 0.149 e. The number of halogens is 1. The molecule has 3 aromatic rings. The molecule has 32 heavy (non-hydrogen) atoms. The fourth-order valence-electron chi connectivity index (χ4n) is 4.92. The normalized spacial score (nSPS) is 20.1. The Morgan fingerprint density at radius 1 is 1.19 bits per heavy atom. The lowest BCUT2D eigenvalue weighted by Crippen LogP contribution is -2.30. The van der Waals surface area contributed by atoms with Crippen molar-refractivity contribution in [1.82, 2.24) is 4.98 Å². The predicted molar refractivity (Wildman–Crippen MR) is 129 cm³/mol. The maximum atomic E-state index is 13.8. The average molecular weight is 432 g/mol. The molecule has 5 heteroatoms. The number of nitrogens with one attached hydrogen (secondary N) is 1. The monoisotopic (exact) mass is 431 g/mol. The van der Waals surface area contributed by atoms with Crippen molar-refractivity contribution in [2.75, 3.05) is 5.32 Å². The largest absolute Gasteiger partial charge is 0.409 e. The number of pyridine rings is 1. The molecule has 0 bridgehead atoms. The number of anilines is 1. The van der Waals surface area contributed by atoms with Gasteiger partial charge in [-0.05, 0) is 91.5 Å². The lowest BCUT2D eigenvalue weighted by Gasteiger charge is -2.33. The summed E-state index contributed by atoms with van der Waals surface area (Å²) in [4.78, 5) is 4.39. The third kappa shape index (κ3) is 4.82. The van der Waals surface area contributed by atoms with E-state index >= 15 is 0 Å². The van der Waals surface area contributed by atoms with Crippen LogP contribution in [0.2, 0.25) is 0 Å². The van der Waals surface area contributed by atoms with E-state index in [1.807, 2.05) is 30.5 Å². The van der Waals surface area contributed by atoms with Crippen LogP contribution in [0, 0.1) is 17.7 Å². The quantitative estimate of drug-likeness (QED) is 0.147. The van der Waals surface area contributed by atoms with E-state index in [1.165, 1.54) is 17.2 Å². The van der Waals surface area contributed by atoms with Crippen LogP contribution in [0.3, 0.4) is 0 Å². The molecule has 0 saturated heterocycles. The van der Waals surface area contributed by atoms with Gasteiger partial charge < -0.3 is 10.5 Å². The van der Waals surface area contributed by atoms with Crippen molar-refractivity contribution in [2.24, 2.45) is 17.0 Å². The fourth-order valence-corrected chi connectivity index (χ4v) is 4.92. The molecule has 1 atom stereocenters. The standard InChI is InChI=1S/C27H30FN3O/c1-3-4-19-5-12-23(13-6-19)30-27(31-32)18(2)20-7-9-21(10-8-20)24-15-16-29-26-14-11-22(28)17-25(24)26/h3,5-6,11-18,20-21,32H,1,4,7-10H2,2H3,(H,30,31). The zero-order chi connectivity index (χ0) is 22.5. The highest BCUT2D eigenvalue weighted by molar-refractivity contribution is 5.96. The van der Waals surface area contributed by atoms with Crippen LogP contribution >= 0.6 is 0 Å². The van der Waals surface area contributed by atoms with Crippen LogP contribution in [0.25, 0.3) is 10.9 Å². The van der Waals surface area contributed by atoms with Crippen LogP contribution < -0.4 is 5.32 Å². The van der Waals surface area contributed by atoms with Gasteiger partial charge in [0.1, 0.15) is 11.7 Å². The van der Waals surface area contributed by atoms with Gasteiger partial charge in [0, 0.05) is 23.2 Å². The molecule has 1 unspecified atom stereocenters. The number of benzene rings is 2. The minimum atomic E-state index is -0.221. The summed E-state index contributed by atoms with van der Waals surface area (Å²) in [5.41, 5.74) is 4.14. The van der Waals surface area contributed by atoms with E-state index in [1.54, 1.807) is 12.1 Å². The molecular weight excluding hydrogens is 401 g/mol. The van der Waals surface area contributed by atoms with Gasteiger partial charge in [0.15, 0.2) is 0 Å². The van der Waals surface area contributed by atoms with Crippen molar-refractivity contribution in [2.45, 2.75) is 44.9 Å². The van der Waals surface area contributed by atoms with Gasteiger partial charge >= 0.3 is 0 Å². The minimum absolute atomic E-state index is 0.112. The lowest BCUT2D eigenvalue weighted by molar-refractivity contribution is 0.273. The summed E-state index contributed by atoms with van der Waals surface area (Å²) in [6, 6.07) is 15.0. The molecule has 0 aliphatic heterocycles. The van der Waals surface area contributed by atoms with Gasteiger partial charge in [-0.1, -0.05) is 30.3 Å². The molecule has 4 nitrogen and oxygen atoms in total. The molecule has 1 aliphatic carbocycles. The Morgan fingerprint density at radius 2 is 1.94 bits per heavy atom. The molecule has 1 aliphatic rings. The van der Waals surface area contributed by atoms with E-state index in [-0.39, 0.29) is 11.7 Å². The summed E-state index contributed by atoms with van der Waals surface area (Å²) in [7, 11) is 0. The molecule has 0 spiro atoms. The predicted octanol–water partition coefficient (Wildman–Crippen LogP) is 6.91. The number of hydrogen-bond acceptors (Lipinski definition) is 3. The highest BCUT2D eigenvalue weighted by Gasteiger charge is 2.29. The summed E-state index contributed by atoms with van der Waals surface area (Å²) in [6.07, 6.45) is 8.66. The highest BCUT2D eigenvalue weighted by atomic mass is 19.1. The summed E-state index contributed by atoms with van der Waals surface area (Å²) in [5, 5.41) is 17.5. The molecule has 0 radical (unpaired) electrons. The molecule has 2 aromatic carbocycles. The third-order valence-corrected chi connectivity index (χ3v) is 6.80. The number of allylic oxidation sites excluding steroid dienone is 1. The number of rotatable bonds is 6. The molecule has 1 aromatic heterocycles. The molecule has 0 amide bonds. The maximum Gasteiger partial charge on any atom is 0.149 e. The number of nitrogens with zero attached hydrogens (tertiary/aromatic N) is 2.